The molecule has 1 atom stereocenters. The Balaban J connectivity index is 1.57. The van der Waals surface area contributed by atoms with Gasteiger partial charge < -0.3 is 19.7 Å². The van der Waals surface area contributed by atoms with Crippen molar-refractivity contribution in [2.24, 2.45) is 0 Å². The van der Waals surface area contributed by atoms with Crippen molar-refractivity contribution in [1.29, 1.82) is 0 Å². The molecule has 1 spiro atoms. The van der Waals surface area contributed by atoms with Gasteiger partial charge in [0.2, 0.25) is 0 Å². The van der Waals surface area contributed by atoms with E-state index in [1.165, 1.54) is 5.56 Å². The molecule has 0 radical (unpaired) electrons. The van der Waals surface area contributed by atoms with E-state index < -0.39 is 5.60 Å². The van der Waals surface area contributed by atoms with E-state index in [9.17, 15) is 4.79 Å². The van der Waals surface area contributed by atoms with Crippen molar-refractivity contribution in [2.45, 2.75) is 33.3 Å². The maximum Gasteiger partial charge on any atom is 0.340 e. The van der Waals surface area contributed by atoms with E-state index in [0.29, 0.717) is 17.1 Å². The molecule has 0 aliphatic carbocycles. The maximum atomic E-state index is 13.2. The zero-order valence-corrected chi connectivity index (χ0v) is 21.6. The molecule has 4 aromatic carbocycles. The Bertz CT molecular complexity index is 1520. The summed E-state index contributed by atoms with van der Waals surface area (Å²) in [5.41, 5.74) is 7.24. The van der Waals surface area contributed by atoms with Crippen LogP contribution in [0.5, 0.6) is 11.5 Å². The van der Waals surface area contributed by atoms with E-state index in [4.69, 9.17) is 9.47 Å². The van der Waals surface area contributed by atoms with Gasteiger partial charge in [0.15, 0.2) is 5.60 Å². The number of esters is 1. The fraction of sp³-hybridized carbons (Fsp3) is 0.219. The third-order valence-electron chi connectivity index (χ3n) is 7.50. The Morgan fingerprint density at radius 1 is 0.811 bits per heavy atom. The number of hydrogen-bond donors (Lipinski definition) is 1. The number of benzene rings is 4. The number of nitrogens with zero attached hydrogens (tertiary/aromatic N) is 1. The van der Waals surface area contributed by atoms with Crippen molar-refractivity contribution in [2.75, 3.05) is 23.3 Å². The van der Waals surface area contributed by atoms with Crippen LogP contribution in [0.3, 0.4) is 0 Å². The van der Waals surface area contributed by atoms with Gasteiger partial charge in [-0.05, 0) is 75.7 Å². The van der Waals surface area contributed by atoms with Gasteiger partial charge in [-0.25, -0.2) is 4.79 Å². The molecule has 0 bridgehead atoms. The Morgan fingerprint density at radius 3 is 2.30 bits per heavy atom. The third-order valence-corrected chi connectivity index (χ3v) is 7.50. The maximum absolute atomic E-state index is 13.2. The summed E-state index contributed by atoms with van der Waals surface area (Å²) in [6, 6.07) is 26.3. The lowest BCUT2D eigenvalue weighted by atomic mass is 9.77. The summed E-state index contributed by atoms with van der Waals surface area (Å²) in [6.07, 6.45) is 0. The van der Waals surface area contributed by atoms with Gasteiger partial charge >= 0.3 is 5.97 Å². The molecule has 2 aliphatic heterocycles. The van der Waals surface area contributed by atoms with Crippen molar-refractivity contribution in [3.05, 3.63) is 112 Å². The Morgan fingerprint density at radius 2 is 1.54 bits per heavy atom. The lowest BCUT2D eigenvalue weighted by Crippen LogP contribution is -2.33. The van der Waals surface area contributed by atoms with E-state index in [0.717, 1.165) is 52.4 Å². The minimum atomic E-state index is -1.09. The van der Waals surface area contributed by atoms with E-state index in [-0.39, 0.29) is 5.97 Å². The van der Waals surface area contributed by atoms with Gasteiger partial charge in [-0.3, -0.25) is 0 Å². The molecular weight excluding hydrogens is 460 g/mol. The standard InChI is InChI=1S/C32H30N2O3/c1-5-34(6-2)23-15-16-26-30(18-23)36-29-17-21(4)28(33-22-13-11-20(3)12-14-22)19-27(29)32(26)25-10-8-7-9-24(25)31(35)37-32/h7-19,33H,5-6H2,1-4H3. The third kappa shape index (κ3) is 3.57. The lowest BCUT2D eigenvalue weighted by Gasteiger charge is -2.37. The highest BCUT2D eigenvalue weighted by Gasteiger charge is 2.53. The van der Waals surface area contributed by atoms with Gasteiger partial charge in [0.25, 0.3) is 0 Å². The highest BCUT2D eigenvalue weighted by Crippen LogP contribution is 2.57. The summed E-state index contributed by atoms with van der Waals surface area (Å²) in [4.78, 5) is 15.5. The average Bonchev–Trinajstić information content (AvgIpc) is 3.20. The number of carbonyl (C=O) groups is 1. The summed E-state index contributed by atoms with van der Waals surface area (Å²) in [6.45, 7) is 10.2. The number of anilines is 3. The van der Waals surface area contributed by atoms with Crippen LogP contribution in [0.15, 0.2) is 78.9 Å². The summed E-state index contributed by atoms with van der Waals surface area (Å²) < 4.78 is 12.9. The molecule has 1 unspecified atom stereocenters. The predicted molar refractivity (Wildman–Crippen MR) is 147 cm³/mol. The Hall–Kier alpha value is -4.25. The second kappa shape index (κ2) is 8.70. The molecule has 6 rings (SSSR count). The number of aryl methyl sites for hydroxylation is 2. The number of fused-ring (bicyclic) bond motifs is 6. The number of hydrogen-bond acceptors (Lipinski definition) is 5. The summed E-state index contributed by atoms with van der Waals surface area (Å²) in [5, 5.41) is 3.55. The predicted octanol–water partition coefficient (Wildman–Crippen LogP) is 7.46. The monoisotopic (exact) mass is 490 g/mol. The van der Waals surface area contributed by atoms with Crippen LogP contribution in [0.4, 0.5) is 17.1 Å². The van der Waals surface area contributed by atoms with Crippen molar-refractivity contribution in [3.8, 4) is 11.5 Å². The van der Waals surface area contributed by atoms with Crippen LogP contribution in [0.1, 0.15) is 52.0 Å². The number of carbonyl (C=O) groups excluding carboxylic acids is 1. The van der Waals surface area contributed by atoms with Gasteiger partial charge in [-0.15, -0.1) is 0 Å². The molecule has 1 N–H and O–H groups in total. The Labute approximate surface area is 217 Å². The quantitative estimate of drug-likeness (QED) is 0.294. The van der Waals surface area contributed by atoms with Crippen LogP contribution < -0.4 is 15.0 Å². The summed E-state index contributed by atoms with van der Waals surface area (Å²) in [7, 11) is 0. The van der Waals surface area contributed by atoms with Gasteiger partial charge in [0.1, 0.15) is 11.5 Å². The van der Waals surface area contributed by atoms with Crippen LogP contribution in [-0.4, -0.2) is 19.1 Å². The number of rotatable bonds is 5. The smallest absolute Gasteiger partial charge is 0.340 e. The molecule has 2 aliphatic rings. The zero-order chi connectivity index (χ0) is 25.7. The fourth-order valence-electron chi connectivity index (χ4n) is 5.52. The number of nitrogens with one attached hydrogen (secondary N) is 1. The van der Waals surface area contributed by atoms with E-state index in [2.05, 4.69) is 80.4 Å². The molecular formula is C32H30N2O3. The second-order valence-electron chi connectivity index (χ2n) is 9.73. The minimum absolute atomic E-state index is 0.323. The van der Waals surface area contributed by atoms with Crippen molar-refractivity contribution in [3.63, 3.8) is 0 Å². The second-order valence-corrected chi connectivity index (χ2v) is 9.73. The van der Waals surface area contributed by atoms with Crippen molar-refractivity contribution in [1.82, 2.24) is 0 Å². The van der Waals surface area contributed by atoms with Gasteiger partial charge in [-0.1, -0.05) is 35.9 Å². The molecule has 5 heteroatoms. The van der Waals surface area contributed by atoms with Crippen LogP contribution in [-0.2, 0) is 10.3 Å². The van der Waals surface area contributed by atoms with Crippen LogP contribution >= 0.6 is 0 Å². The first-order valence-electron chi connectivity index (χ1n) is 12.8. The van der Waals surface area contributed by atoms with Crippen molar-refractivity contribution < 1.29 is 14.3 Å². The molecule has 0 amide bonds. The van der Waals surface area contributed by atoms with E-state index >= 15 is 0 Å². The normalized spacial score (nSPS) is 16.9. The van der Waals surface area contributed by atoms with Gasteiger partial charge in [0, 0.05) is 52.9 Å². The van der Waals surface area contributed by atoms with Crippen LogP contribution in [0, 0.1) is 13.8 Å². The molecule has 0 saturated carbocycles. The average molecular weight is 491 g/mol. The fourth-order valence-corrected chi connectivity index (χ4v) is 5.52. The highest BCUT2D eigenvalue weighted by molar-refractivity contribution is 5.97. The molecule has 37 heavy (non-hydrogen) atoms. The first kappa shape index (κ1) is 23.2. The molecule has 0 saturated heterocycles. The Kier molecular flexibility index (Phi) is 5.45. The molecule has 0 fully saturated rings. The molecule has 186 valence electrons. The van der Waals surface area contributed by atoms with Gasteiger partial charge in [0.05, 0.1) is 5.56 Å². The largest absolute Gasteiger partial charge is 0.456 e. The molecule has 5 nitrogen and oxygen atoms in total. The topological polar surface area (TPSA) is 50.8 Å². The van der Waals surface area contributed by atoms with E-state index in [1.807, 2.05) is 36.4 Å². The molecule has 0 aromatic heterocycles. The SMILES string of the molecule is CCN(CC)c1ccc2c(c1)Oc1cc(C)c(Nc3ccc(C)cc3)cc1C21OC(=O)c2ccccc21. The minimum Gasteiger partial charge on any atom is -0.456 e. The summed E-state index contributed by atoms with van der Waals surface area (Å²) >= 11 is 0. The number of ether oxygens (including phenoxy) is 2. The lowest BCUT2D eigenvalue weighted by molar-refractivity contribution is 0.0224. The van der Waals surface area contributed by atoms with Crippen molar-refractivity contribution >= 4 is 23.0 Å². The van der Waals surface area contributed by atoms with Gasteiger partial charge in [-0.2, -0.15) is 0 Å². The first-order chi connectivity index (χ1) is 17.9. The molecule has 4 aromatic rings. The first-order valence-corrected chi connectivity index (χ1v) is 12.8. The van der Waals surface area contributed by atoms with Crippen LogP contribution in [0.25, 0.3) is 0 Å². The molecule has 2 heterocycles. The summed E-state index contributed by atoms with van der Waals surface area (Å²) in [5.74, 6) is 1.08. The van der Waals surface area contributed by atoms with Crippen LogP contribution in [0.2, 0.25) is 0 Å². The highest BCUT2D eigenvalue weighted by atomic mass is 16.6. The van der Waals surface area contributed by atoms with E-state index in [1.54, 1.807) is 0 Å². The zero-order valence-electron chi connectivity index (χ0n) is 21.6.